The Bertz CT molecular complexity index is 147. The van der Waals surface area contributed by atoms with E-state index in [9.17, 15) is 0 Å². The molecule has 0 aromatic rings. The zero-order valence-corrected chi connectivity index (χ0v) is 6.90. The lowest BCUT2D eigenvalue weighted by atomic mass is 9.92. The topological polar surface area (TPSA) is 33.1 Å². The minimum Gasteiger partial charge on any atom is -0.484 e. The standard InChI is InChI=1S/C8H15NO/c1-6(2)8(4-5-8)7(9)10-3/h6,9H,4-5H2,1-3H3. The van der Waals surface area contributed by atoms with Gasteiger partial charge in [-0.3, -0.25) is 5.41 Å². The predicted molar refractivity (Wildman–Crippen MR) is 41.2 cm³/mol. The molecule has 0 aromatic heterocycles. The van der Waals surface area contributed by atoms with Crippen molar-refractivity contribution in [3.05, 3.63) is 0 Å². The highest BCUT2D eigenvalue weighted by atomic mass is 16.5. The normalized spacial score (nSPS) is 20.8. The van der Waals surface area contributed by atoms with E-state index in [1.165, 1.54) is 0 Å². The lowest BCUT2D eigenvalue weighted by molar-refractivity contribution is 0.319. The van der Waals surface area contributed by atoms with Gasteiger partial charge in [0.25, 0.3) is 0 Å². The van der Waals surface area contributed by atoms with Gasteiger partial charge in [-0.1, -0.05) is 13.8 Å². The molecule has 1 fully saturated rings. The van der Waals surface area contributed by atoms with Crippen molar-refractivity contribution in [3.63, 3.8) is 0 Å². The highest BCUT2D eigenvalue weighted by Gasteiger charge is 2.50. The van der Waals surface area contributed by atoms with Gasteiger partial charge in [-0.15, -0.1) is 0 Å². The Balaban J connectivity index is 2.60. The van der Waals surface area contributed by atoms with Crippen molar-refractivity contribution in [1.82, 2.24) is 0 Å². The molecule has 0 spiro atoms. The van der Waals surface area contributed by atoms with Crippen molar-refractivity contribution < 1.29 is 4.74 Å². The number of rotatable bonds is 2. The van der Waals surface area contributed by atoms with E-state index in [-0.39, 0.29) is 5.41 Å². The Morgan fingerprint density at radius 1 is 1.50 bits per heavy atom. The van der Waals surface area contributed by atoms with Crippen LogP contribution in [-0.2, 0) is 4.74 Å². The molecule has 0 saturated heterocycles. The van der Waals surface area contributed by atoms with E-state index in [0.717, 1.165) is 12.8 Å². The Morgan fingerprint density at radius 3 is 2.10 bits per heavy atom. The zero-order chi connectivity index (χ0) is 7.78. The first-order valence-corrected chi connectivity index (χ1v) is 3.76. The number of hydrogen-bond acceptors (Lipinski definition) is 2. The molecule has 0 bridgehead atoms. The third-order valence-electron chi connectivity index (χ3n) is 2.55. The Labute approximate surface area is 62.1 Å². The van der Waals surface area contributed by atoms with Crippen molar-refractivity contribution in [2.45, 2.75) is 26.7 Å². The maximum Gasteiger partial charge on any atom is 0.186 e. The van der Waals surface area contributed by atoms with E-state index in [0.29, 0.717) is 11.8 Å². The average Bonchev–Trinajstić information content (AvgIpc) is 2.65. The Kier molecular flexibility index (Phi) is 1.71. The van der Waals surface area contributed by atoms with Crippen LogP contribution >= 0.6 is 0 Å². The molecular weight excluding hydrogens is 126 g/mol. The summed E-state index contributed by atoms with van der Waals surface area (Å²) >= 11 is 0. The largest absolute Gasteiger partial charge is 0.484 e. The molecule has 58 valence electrons. The second kappa shape index (κ2) is 2.26. The summed E-state index contributed by atoms with van der Waals surface area (Å²) < 4.78 is 4.92. The van der Waals surface area contributed by atoms with Gasteiger partial charge in [-0.25, -0.2) is 0 Å². The highest BCUT2D eigenvalue weighted by Crippen LogP contribution is 2.52. The van der Waals surface area contributed by atoms with Gasteiger partial charge in [0.2, 0.25) is 0 Å². The first kappa shape index (κ1) is 7.58. The second-order valence-electron chi connectivity index (χ2n) is 3.34. The van der Waals surface area contributed by atoms with Gasteiger partial charge in [0, 0.05) is 5.41 Å². The first-order chi connectivity index (χ1) is 4.63. The fourth-order valence-electron chi connectivity index (χ4n) is 1.40. The van der Waals surface area contributed by atoms with Crippen LogP contribution < -0.4 is 0 Å². The molecule has 2 nitrogen and oxygen atoms in total. The van der Waals surface area contributed by atoms with E-state index < -0.39 is 0 Å². The van der Waals surface area contributed by atoms with E-state index >= 15 is 0 Å². The van der Waals surface area contributed by atoms with Crippen LogP contribution in [0, 0.1) is 16.7 Å². The summed E-state index contributed by atoms with van der Waals surface area (Å²) in [5.41, 5.74) is 0.120. The third-order valence-corrected chi connectivity index (χ3v) is 2.55. The minimum absolute atomic E-state index is 0.120. The molecule has 1 rings (SSSR count). The monoisotopic (exact) mass is 141 g/mol. The summed E-state index contributed by atoms with van der Waals surface area (Å²) in [5.74, 6) is 1.03. The van der Waals surface area contributed by atoms with Crippen LogP contribution in [0.3, 0.4) is 0 Å². The molecule has 0 amide bonds. The van der Waals surface area contributed by atoms with E-state index in [1.54, 1.807) is 7.11 Å². The quantitative estimate of drug-likeness (QED) is 0.463. The number of hydrogen-bond donors (Lipinski definition) is 1. The maximum atomic E-state index is 7.51. The van der Waals surface area contributed by atoms with Crippen LogP contribution in [-0.4, -0.2) is 13.0 Å². The van der Waals surface area contributed by atoms with Gasteiger partial charge in [0.1, 0.15) is 0 Å². The predicted octanol–water partition coefficient (Wildman–Crippen LogP) is 2.05. The van der Waals surface area contributed by atoms with Gasteiger partial charge < -0.3 is 4.74 Å². The van der Waals surface area contributed by atoms with Crippen molar-refractivity contribution in [2.75, 3.05) is 7.11 Å². The van der Waals surface area contributed by atoms with Crippen LogP contribution in [0.25, 0.3) is 0 Å². The third kappa shape index (κ3) is 0.917. The van der Waals surface area contributed by atoms with Crippen LogP contribution in [0.4, 0.5) is 0 Å². The smallest absolute Gasteiger partial charge is 0.186 e. The van der Waals surface area contributed by atoms with E-state index in [1.807, 2.05) is 0 Å². The van der Waals surface area contributed by atoms with Crippen molar-refractivity contribution in [3.8, 4) is 0 Å². The molecule has 1 aliphatic carbocycles. The lowest BCUT2D eigenvalue weighted by Gasteiger charge is -2.18. The van der Waals surface area contributed by atoms with Crippen molar-refractivity contribution in [1.29, 1.82) is 5.41 Å². The summed E-state index contributed by atoms with van der Waals surface area (Å²) in [6, 6.07) is 0. The number of methoxy groups -OCH3 is 1. The molecule has 0 heterocycles. The Hall–Kier alpha value is -0.530. The molecule has 1 N–H and O–H groups in total. The molecule has 0 radical (unpaired) electrons. The van der Waals surface area contributed by atoms with Gasteiger partial charge in [0.05, 0.1) is 7.11 Å². The van der Waals surface area contributed by atoms with Crippen LogP contribution in [0.5, 0.6) is 0 Å². The molecule has 0 atom stereocenters. The van der Waals surface area contributed by atoms with Crippen LogP contribution in [0.1, 0.15) is 26.7 Å². The summed E-state index contributed by atoms with van der Waals surface area (Å²) in [7, 11) is 1.59. The van der Waals surface area contributed by atoms with E-state index in [4.69, 9.17) is 10.1 Å². The summed E-state index contributed by atoms with van der Waals surface area (Å²) in [4.78, 5) is 0. The molecular formula is C8H15NO. The first-order valence-electron chi connectivity index (χ1n) is 3.76. The average molecular weight is 141 g/mol. The van der Waals surface area contributed by atoms with Gasteiger partial charge in [-0.2, -0.15) is 0 Å². The van der Waals surface area contributed by atoms with Crippen molar-refractivity contribution in [2.24, 2.45) is 11.3 Å². The molecule has 2 heteroatoms. The fraction of sp³-hybridized carbons (Fsp3) is 0.875. The molecule has 0 aliphatic heterocycles. The lowest BCUT2D eigenvalue weighted by Crippen LogP contribution is -2.22. The minimum atomic E-state index is 0.120. The van der Waals surface area contributed by atoms with Crippen molar-refractivity contribution >= 4 is 5.90 Å². The zero-order valence-electron chi connectivity index (χ0n) is 6.90. The molecule has 1 aliphatic rings. The summed E-state index contributed by atoms with van der Waals surface area (Å²) in [6.45, 7) is 4.31. The number of nitrogens with one attached hydrogen (secondary N) is 1. The number of ether oxygens (including phenoxy) is 1. The SMILES string of the molecule is COC(=N)C1(C(C)C)CC1. The van der Waals surface area contributed by atoms with Gasteiger partial charge in [-0.05, 0) is 18.8 Å². The van der Waals surface area contributed by atoms with Crippen LogP contribution in [0.2, 0.25) is 0 Å². The molecule has 0 unspecified atom stereocenters. The van der Waals surface area contributed by atoms with Crippen LogP contribution in [0.15, 0.2) is 0 Å². The molecule has 1 saturated carbocycles. The maximum absolute atomic E-state index is 7.51. The summed E-state index contributed by atoms with van der Waals surface area (Å²) in [6.07, 6.45) is 2.27. The second-order valence-corrected chi connectivity index (χ2v) is 3.34. The Morgan fingerprint density at radius 2 is 2.00 bits per heavy atom. The van der Waals surface area contributed by atoms with Gasteiger partial charge in [0.15, 0.2) is 5.90 Å². The molecule has 10 heavy (non-hydrogen) atoms. The van der Waals surface area contributed by atoms with E-state index in [2.05, 4.69) is 13.8 Å². The highest BCUT2D eigenvalue weighted by molar-refractivity contribution is 5.82. The summed E-state index contributed by atoms with van der Waals surface area (Å²) in [5, 5.41) is 7.51. The fourth-order valence-corrected chi connectivity index (χ4v) is 1.40. The molecule has 0 aromatic carbocycles. The van der Waals surface area contributed by atoms with Gasteiger partial charge >= 0.3 is 0 Å².